The Labute approximate surface area is 173 Å². The van der Waals surface area contributed by atoms with E-state index in [1.807, 2.05) is 11.2 Å². The van der Waals surface area contributed by atoms with E-state index in [1.54, 1.807) is 7.11 Å². The molecule has 0 aliphatic carbocycles. The number of carbonyl (C=O) groups excluding carboxylic acids is 1. The number of benzene rings is 1. The molecule has 0 spiro atoms. The number of halogens is 1. The first-order valence-electron chi connectivity index (χ1n) is 9.41. The standard InChI is InChI=1S/C19H26BrN5O3/c1-11-6-13(20)7-12(2)16(11)25-9-15-17(23-25)21-19(22-18(15)26)24-4-5-28-10-14(8-24)27-3/h6-7,9,14,17,19,21,23H,4-5,8,10H2,1-3H3,(H,22,26). The van der Waals surface area contributed by atoms with E-state index in [1.165, 1.54) is 0 Å². The van der Waals surface area contributed by atoms with Crippen molar-refractivity contribution in [2.75, 3.05) is 38.4 Å². The van der Waals surface area contributed by atoms with Crippen LogP contribution >= 0.6 is 15.9 Å². The van der Waals surface area contributed by atoms with E-state index in [9.17, 15) is 4.79 Å². The van der Waals surface area contributed by atoms with Gasteiger partial charge in [0.1, 0.15) is 12.5 Å². The molecule has 0 saturated carbocycles. The van der Waals surface area contributed by atoms with Gasteiger partial charge < -0.3 is 14.8 Å². The van der Waals surface area contributed by atoms with Crippen molar-refractivity contribution < 1.29 is 14.3 Å². The molecule has 0 bridgehead atoms. The molecule has 3 unspecified atom stereocenters. The number of ether oxygens (including phenoxy) is 2. The Morgan fingerprint density at radius 1 is 1.29 bits per heavy atom. The molecule has 8 nitrogen and oxygen atoms in total. The zero-order valence-electron chi connectivity index (χ0n) is 16.3. The number of hydrogen-bond donors (Lipinski definition) is 3. The molecule has 3 N–H and O–H groups in total. The summed E-state index contributed by atoms with van der Waals surface area (Å²) in [4.78, 5) is 14.9. The van der Waals surface area contributed by atoms with Gasteiger partial charge in [0.2, 0.25) is 0 Å². The van der Waals surface area contributed by atoms with Gasteiger partial charge in [0.15, 0.2) is 0 Å². The van der Waals surface area contributed by atoms with Gasteiger partial charge in [-0.2, -0.15) is 0 Å². The summed E-state index contributed by atoms with van der Waals surface area (Å²) in [5.41, 5.74) is 7.39. The lowest BCUT2D eigenvalue weighted by Gasteiger charge is -2.38. The molecular formula is C19H26BrN5O3. The van der Waals surface area contributed by atoms with Gasteiger partial charge in [0.25, 0.3) is 5.91 Å². The minimum absolute atomic E-state index is 0.0146. The predicted octanol–water partition coefficient (Wildman–Crippen LogP) is 0.951. The minimum Gasteiger partial charge on any atom is -0.378 e. The number of anilines is 1. The SMILES string of the molecule is COC1COCCN(C2NC(=O)C3=CN(c4c(C)cc(Br)cc4C)NC3N2)C1. The van der Waals surface area contributed by atoms with Crippen LogP contribution in [0.1, 0.15) is 11.1 Å². The summed E-state index contributed by atoms with van der Waals surface area (Å²) in [6.45, 7) is 6.71. The summed E-state index contributed by atoms with van der Waals surface area (Å²) in [6, 6.07) is 4.14. The van der Waals surface area contributed by atoms with Crippen molar-refractivity contribution >= 4 is 27.5 Å². The maximum absolute atomic E-state index is 12.8. The number of hydrogen-bond acceptors (Lipinski definition) is 7. The van der Waals surface area contributed by atoms with Crippen molar-refractivity contribution in [3.05, 3.63) is 39.5 Å². The fourth-order valence-electron chi connectivity index (χ4n) is 3.97. The molecular weight excluding hydrogens is 426 g/mol. The van der Waals surface area contributed by atoms with Gasteiger partial charge in [-0.15, -0.1) is 0 Å². The number of aryl methyl sites for hydroxylation is 2. The first-order valence-corrected chi connectivity index (χ1v) is 10.2. The maximum atomic E-state index is 12.8. The number of rotatable bonds is 3. The molecule has 0 aromatic heterocycles. The highest BCUT2D eigenvalue weighted by Crippen LogP contribution is 2.31. The van der Waals surface area contributed by atoms with Crippen LogP contribution in [0, 0.1) is 13.8 Å². The molecule has 3 aliphatic rings. The molecule has 0 radical (unpaired) electrons. The van der Waals surface area contributed by atoms with Crippen LogP contribution in [0.25, 0.3) is 0 Å². The molecule has 9 heteroatoms. The Balaban J connectivity index is 1.52. The van der Waals surface area contributed by atoms with Crippen molar-refractivity contribution in [3.8, 4) is 0 Å². The van der Waals surface area contributed by atoms with Crippen molar-refractivity contribution in [3.63, 3.8) is 0 Å². The molecule has 3 atom stereocenters. The fourth-order valence-corrected chi connectivity index (χ4v) is 4.66. The second kappa shape index (κ2) is 8.10. The third-order valence-electron chi connectivity index (χ3n) is 5.36. The maximum Gasteiger partial charge on any atom is 0.254 e. The van der Waals surface area contributed by atoms with Crippen LogP contribution in [0.2, 0.25) is 0 Å². The summed E-state index contributed by atoms with van der Waals surface area (Å²) in [5, 5.41) is 8.49. The Morgan fingerprint density at radius 3 is 2.75 bits per heavy atom. The van der Waals surface area contributed by atoms with Crippen LogP contribution in [-0.2, 0) is 14.3 Å². The molecule has 4 rings (SSSR count). The van der Waals surface area contributed by atoms with Gasteiger partial charge in [-0.25, -0.2) is 5.43 Å². The fraction of sp³-hybridized carbons (Fsp3) is 0.526. The van der Waals surface area contributed by atoms with Crippen molar-refractivity contribution in [2.45, 2.75) is 32.4 Å². The Kier molecular flexibility index (Phi) is 5.73. The van der Waals surface area contributed by atoms with Crippen molar-refractivity contribution in [2.24, 2.45) is 0 Å². The van der Waals surface area contributed by atoms with Gasteiger partial charge in [0.05, 0.1) is 30.6 Å². The number of amides is 1. The van der Waals surface area contributed by atoms with E-state index in [0.29, 0.717) is 25.3 Å². The van der Waals surface area contributed by atoms with E-state index in [0.717, 1.165) is 27.8 Å². The van der Waals surface area contributed by atoms with Gasteiger partial charge >= 0.3 is 0 Å². The van der Waals surface area contributed by atoms with E-state index in [2.05, 4.69) is 62.9 Å². The van der Waals surface area contributed by atoms with Crippen LogP contribution in [0.4, 0.5) is 5.69 Å². The molecule has 3 heterocycles. The van der Waals surface area contributed by atoms with Crippen molar-refractivity contribution in [1.29, 1.82) is 0 Å². The summed E-state index contributed by atoms with van der Waals surface area (Å²) < 4.78 is 12.1. The van der Waals surface area contributed by atoms with E-state index < -0.39 is 0 Å². The van der Waals surface area contributed by atoms with E-state index >= 15 is 0 Å². The molecule has 2 saturated heterocycles. The number of nitrogens with zero attached hydrogens (tertiary/aromatic N) is 2. The van der Waals surface area contributed by atoms with Gasteiger partial charge in [0, 0.05) is 30.9 Å². The van der Waals surface area contributed by atoms with Crippen LogP contribution in [0.5, 0.6) is 0 Å². The molecule has 3 aliphatic heterocycles. The third-order valence-corrected chi connectivity index (χ3v) is 5.82. The van der Waals surface area contributed by atoms with Crippen LogP contribution in [0.15, 0.2) is 28.4 Å². The number of nitrogens with one attached hydrogen (secondary N) is 3. The van der Waals surface area contributed by atoms with Crippen LogP contribution in [-0.4, -0.2) is 62.8 Å². The monoisotopic (exact) mass is 451 g/mol. The van der Waals surface area contributed by atoms with E-state index in [4.69, 9.17) is 9.47 Å². The van der Waals surface area contributed by atoms with Gasteiger partial charge in [-0.05, 0) is 37.1 Å². The molecule has 28 heavy (non-hydrogen) atoms. The first kappa shape index (κ1) is 19.8. The van der Waals surface area contributed by atoms with Gasteiger partial charge in [-0.1, -0.05) is 15.9 Å². The topological polar surface area (TPSA) is 78.1 Å². The summed E-state index contributed by atoms with van der Waals surface area (Å²) in [7, 11) is 1.69. The first-order chi connectivity index (χ1) is 13.5. The molecule has 152 valence electrons. The average molecular weight is 452 g/mol. The number of fused-ring (bicyclic) bond motifs is 1. The zero-order valence-corrected chi connectivity index (χ0v) is 17.9. The summed E-state index contributed by atoms with van der Waals surface area (Å²) in [5.74, 6) is -0.0738. The van der Waals surface area contributed by atoms with Crippen molar-refractivity contribution in [1.82, 2.24) is 21.0 Å². The Bertz CT molecular complexity index is 779. The molecule has 2 fully saturated rings. The highest BCUT2D eigenvalue weighted by Gasteiger charge is 2.39. The quantitative estimate of drug-likeness (QED) is 0.631. The molecule has 1 amide bonds. The van der Waals surface area contributed by atoms with E-state index in [-0.39, 0.29) is 24.5 Å². The van der Waals surface area contributed by atoms with Gasteiger partial charge in [-0.3, -0.25) is 20.0 Å². The Morgan fingerprint density at radius 2 is 2.04 bits per heavy atom. The Hall–Kier alpha value is -1.49. The highest BCUT2D eigenvalue weighted by atomic mass is 79.9. The lowest BCUT2D eigenvalue weighted by Crippen LogP contribution is -2.67. The smallest absolute Gasteiger partial charge is 0.254 e. The number of carbonyl (C=O) groups is 1. The number of methoxy groups -OCH3 is 1. The molecule has 1 aromatic rings. The predicted molar refractivity (Wildman–Crippen MR) is 109 cm³/mol. The minimum atomic E-state index is -0.284. The second-order valence-corrected chi connectivity index (χ2v) is 8.29. The lowest BCUT2D eigenvalue weighted by molar-refractivity contribution is -0.122. The highest BCUT2D eigenvalue weighted by molar-refractivity contribution is 9.10. The van der Waals surface area contributed by atoms with Crippen LogP contribution < -0.4 is 21.1 Å². The molecule has 1 aromatic carbocycles. The zero-order chi connectivity index (χ0) is 19.8. The normalized spacial score (nSPS) is 28.6. The third kappa shape index (κ3) is 3.83. The second-order valence-electron chi connectivity index (χ2n) is 7.37. The van der Waals surface area contributed by atoms with Crippen LogP contribution in [0.3, 0.4) is 0 Å². The average Bonchev–Trinajstić information content (AvgIpc) is 2.91. The largest absolute Gasteiger partial charge is 0.378 e. The number of hydrazine groups is 1. The summed E-state index contributed by atoms with van der Waals surface area (Å²) >= 11 is 3.54. The lowest BCUT2D eigenvalue weighted by atomic mass is 10.1. The summed E-state index contributed by atoms with van der Waals surface area (Å²) in [6.07, 6.45) is 1.31.